The summed E-state index contributed by atoms with van der Waals surface area (Å²) in [6, 6.07) is 1.71. The van der Waals surface area contributed by atoms with E-state index in [0.29, 0.717) is 21.5 Å². The number of aliphatic carboxylic acids is 1. The third kappa shape index (κ3) is 4.39. The number of carbonyl (C=O) groups is 2. The van der Waals surface area contributed by atoms with Crippen LogP contribution < -0.4 is 14.8 Å². The highest BCUT2D eigenvalue weighted by atomic mass is 79.9. The number of halogens is 1. The lowest BCUT2D eigenvalue weighted by Gasteiger charge is -2.18. The van der Waals surface area contributed by atoms with Crippen molar-refractivity contribution in [3.8, 4) is 11.5 Å². The molecule has 1 rings (SSSR count). The zero-order chi connectivity index (χ0) is 16.7. The molecule has 0 radical (unpaired) electrons. The minimum absolute atomic E-state index is 0.0225. The number of carboxylic acid groups (broad SMARTS) is 1. The second-order valence-electron chi connectivity index (χ2n) is 4.03. The van der Waals surface area contributed by atoms with E-state index in [1.165, 1.54) is 26.4 Å². The SMILES string of the molecule is C=CCOC(=O)NC(C(=O)O)c1cc(OC)c(OC)cc1Br. The summed E-state index contributed by atoms with van der Waals surface area (Å²) in [5, 5.41) is 11.6. The largest absolute Gasteiger partial charge is 0.493 e. The van der Waals surface area contributed by atoms with Crippen molar-refractivity contribution in [2.75, 3.05) is 20.8 Å². The van der Waals surface area contributed by atoms with E-state index in [9.17, 15) is 14.7 Å². The number of amides is 1. The number of carbonyl (C=O) groups excluding carboxylic acids is 1. The summed E-state index contributed by atoms with van der Waals surface area (Å²) in [7, 11) is 2.89. The summed E-state index contributed by atoms with van der Waals surface area (Å²) in [4.78, 5) is 23.0. The van der Waals surface area contributed by atoms with Crippen LogP contribution in [0.5, 0.6) is 11.5 Å². The van der Waals surface area contributed by atoms with E-state index >= 15 is 0 Å². The van der Waals surface area contributed by atoms with Crippen LogP contribution in [0.15, 0.2) is 29.3 Å². The molecule has 0 aliphatic heterocycles. The van der Waals surface area contributed by atoms with Crippen LogP contribution in [0.25, 0.3) is 0 Å². The Hall–Kier alpha value is -2.22. The average Bonchev–Trinajstić information content (AvgIpc) is 2.50. The lowest BCUT2D eigenvalue weighted by molar-refractivity contribution is -0.139. The third-order valence-electron chi connectivity index (χ3n) is 2.66. The Balaban J connectivity index is 3.13. The molecule has 120 valence electrons. The number of ether oxygens (including phenoxy) is 3. The van der Waals surface area contributed by atoms with Gasteiger partial charge in [0.25, 0.3) is 0 Å². The fourth-order valence-electron chi connectivity index (χ4n) is 1.66. The maximum Gasteiger partial charge on any atom is 0.408 e. The first kappa shape index (κ1) is 17.8. The highest BCUT2D eigenvalue weighted by molar-refractivity contribution is 9.10. The van der Waals surface area contributed by atoms with Crippen molar-refractivity contribution in [1.82, 2.24) is 5.32 Å². The van der Waals surface area contributed by atoms with Gasteiger partial charge < -0.3 is 24.6 Å². The van der Waals surface area contributed by atoms with Gasteiger partial charge in [-0.25, -0.2) is 9.59 Å². The first-order valence-electron chi connectivity index (χ1n) is 6.13. The Kier molecular flexibility index (Phi) is 6.71. The minimum Gasteiger partial charge on any atom is -0.493 e. The second kappa shape index (κ2) is 8.28. The van der Waals surface area contributed by atoms with Gasteiger partial charge in [-0.2, -0.15) is 0 Å². The van der Waals surface area contributed by atoms with Gasteiger partial charge in [0.1, 0.15) is 6.61 Å². The van der Waals surface area contributed by atoms with Crippen LogP contribution in [0.3, 0.4) is 0 Å². The van der Waals surface area contributed by atoms with Crippen LogP contribution >= 0.6 is 15.9 Å². The summed E-state index contributed by atoms with van der Waals surface area (Å²) in [6.45, 7) is 3.38. The van der Waals surface area contributed by atoms with Gasteiger partial charge in [0.05, 0.1) is 14.2 Å². The summed E-state index contributed by atoms with van der Waals surface area (Å²) < 4.78 is 15.4. The molecule has 0 bridgehead atoms. The Morgan fingerprint density at radius 1 is 1.36 bits per heavy atom. The summed E-state index contributed by atoms with van der Waals surface area (Å²) in [5.74, 6) is -0.479. The van der Waals surface area contributed by atoms with Crippen molar-refractivity contribution in [2.45, 2.75) is 6.04 Å². The topological polar surface area (TPSA) is 94.1 Å². The number of rotatable bonds is 7. The van der Waals surface area contributed by atoms with Gasteiger partial charge in [-0.05, 0) is 12.1 Å². The Bertz CT molecular complexity index is 575. The van der Waals surface area contributed by atoms with Gasteiger partial charge in [0.15, 0.2) is 17.5 Å². The zero-order valence-corrected chi connectivity index (χ0v) is 13.7. The van der Waals surface area contributed by atoms with E-state index < -0.39 is 18.1 Å². The van der Waals surface area contributed by atoms with E-state index in [1.807, 2.05) is 0 Å². The van der Waals surface area contributed by atoms with Gasteiger partial charge >= 0.3 is 12.1 Å². The highest BCUT2D eigenvalue weighted by Gasteiger charge is 2.26. The minimum atomic E-state index is -1.31. The summed E-state index contributed by atoms with van der Waals surface area (Å²) >= 11 is 3.26. The van der Waals surface area contributed by atoms with Crippen molar-refractivity contribution in [3.05, 3.63) is 34.8 Å². The van der Waals surface area contributed by atoms with Crippen molar-refractivity contribution >= 4 is 28.0 Å². The van der Waals surface area contributed by atoms with E-state index in [4.69, 9.17) is 14.2 Å². The van der Waals surface area contributed by atoms with Crippen LogP contribution in [0.1, 0.15) is 11.6 Å². The molecule has 1 unspecified atom stereocenters. The number of methoxy groups -OCH3 is 2. The molecule has 22 heavy (non-hydrogen) atoms. The molecule has 2 N–H and O–H groups in total. The van der Waals surface area contributed by atoms with E-state index in [2.05, 4.69) is 27.8 Å². The van der Waals surface area contributed by atoms with Gasteiger partial charge in [-0.1, -0.05) is 28.6 Å². The fourth-order valence-corrected chi connectivity index (χ4v) is 2.21. The highest BCUT2D eigenvalue weighted by Crippen LogP contribution is 2.36. The standard InChI is InChI=1S/C14H16BrNO6/c1-4-5-22-14(19)16-12(13(17)18)8-6-10(20-2)11(21-3)7-9(8)15/h4,6-7,12H,1,5H2,2-3H3,(H,16,19)(H,17,18). The van der Waals surface area contributed by atoms with E-state index in [1.54, 1.807) is 6.07 Å². The van der Waals surface area contributed by atoms with Crippen molar-refractivity contribution in [2.24, 2.45) is 0 Å². The molecule has 0 saturated heterocycles. The quantitative estimate of drug-likeness (QED) is 0.713. The molecule has 1 aromatic carbocycles. The Morgan fingerprint density at radius 3 is 2.45 bits per heavy atom. The Labute approximate surface area is 136 Å². The second-order valence-corrected chi connectivity index (χ2v) is 4.89. The molecule has 8 heteroatoms. The molecule has 0 aliphatic rings. The molecule has 0 aromatic heterocycles. The molecule has 7 nitrogen and oxygen atoms in total. The third-order valence-corrected chi connectivity index (χ3v) is 3.34. The smallest absolute Gasteiger partial charge is 0.408 e. The summed E-state index contributed by atoms with van der Waals surface area (Å²) in [5.41, 5.74) is 0.292. The molecule has 0 fully saturated rings. The molecule has 1 amide bonds. The summed E-state index contributed by atoms with van der Waals surface area (Å²) in [6.07, 6.45) is 0.510. The maximum absolute atomic E-state index is 11.6. The van der Waals surface area contributed by atoms with Crippen LogP contribution in [-0.2, 0) is 9.53 Å². The maximum atomic E-state index is 11.6. The van der Waals surface area contributed by atoms with Crippen LogP contribution in [0, 0.1) is 0 Å². The van der Waals surface area contributed by atoms with Crippen molar-refractivity contribution < 1.29 is 28.9 Å². The number of hydrogen-bond donors (Lipinski definition) is 2. The van der Waals surface area contributed by atoms with Crippen molar-refractivity contribution in [1.29, 1.82) is 0 Å². The van der Waals surface area contributed by atoms with E-state index in [0.717, 1.165) is 0 Å². The molecule has 0 spiro atoms. The number of benzene rings is 1. The predicted octanol–water partition coefficient (Wildman–Crippen LogP) is 2.50. The molecule has 1 aromatic rings. The monoisotopic (exact) mass is 373 g/mol. The number of alkyl carbamates (subject to hydrolysis) is 1. The number of carboxylic acids is 1. The predicted molar refractivity (Wildman–Crippen MR) is 82.3 cm³/mol. The number of hydrogen-bond acceptors (Lipinski definition) is 5. The zero-order valence-electron chi connectivity index (χ0n) is 12.1. The molecule has 0 heterocycles. The van der Waals surface area contributed by atoms with Gasteiger partial charge in [0.2, 0.25) is 0 Å². The van der Waals surface area contributed by atoms with Gasteiger partial charge in [-0.15, -0.1) is 0 Å². The van der Waals surface area contributed by atoms with Crippen molar-refractivity contribution in [3.63, 3.8) is 0 Å². The molecular formula is C14H16BrNO6. The van der Waals surface area contributed by atoms with Gasteiger partial charge in [-0.3, -0.25) is 0 Å². The first-order chi connectivity index (χ1) is 10.4. The number of nitrogens with one attached hydrogen (secondary N) is 1. The van der Waals surface area contributed by atoms with Crippen LogP contribution in [0.4, 0.5) is 4.79 Å². The molecular weight excluding hydrogens is 358 g/mol. The molecule has 0 saturated carbocycles. The van der Waals surface area contributed by atoms with E-state index in [-0.39, 0.29) is 6.61 Å². The fraction of sp³-hybridized carbons (Fsp3) is 0.286. The lowest BCUT2D eigenvalue weighted by Crippen LogP contribution is -2.34. The van der Waals surface area contributed by atoms with Gasteiger partial charge in [0, 0.05) is 10.0 Å². The normalized spacial score (nSPS) is 11.2. The van der Waals surface area contributed by atoms with Crippen LogP contribution in [0.2, 0.25) is 0 Å². The van der Waals surface area contributed by atoms with Crippen LogP contribution in [-0.4, -0.2) is 38.0 Å². The molecule has 1 atom stereocenters. The molecule has 0 aliphatic carbocycles. The lowest BCUT2D eigenvalue weighted by atomic mass is 10.1. The average molecular weight is 374 g/mol. The first-order valence-corrected chi connectivity index (χ1v) is 6.92. The Morgan fingerprint density at radius 2 is 1.95 bits per heavy atom.